The summed E-state index contributed by atoms with van der Waals surface area (Å²) < 4.78 is 25.7. The lowest BCUT2D eigenvalue weighted by atomic mass is 10.0. The van der Waals surface area contributed by atoms with Gasteiger partial charge in [0, 0.05) is 41.9 Å². The molecular weight excluding hydrogens is 436 g/mol. The van der Waals surface area contributed by atoms with E-state index in [1.807, 2.05) is 25.2 Å². The summed E-state index contributed by atoms with van der Waals surface area (Å²) in [5.74, 6) is 0. The molecule has 4 aromatic rings. The molecule has 0 amide bonds. The largest absolute Gasteiger partial charge is 0.370 e. The number of thioether (sulfide) groups is 1. The molecule has 0 aliphatic carbocycles. The molecule has 1 aliphatic rings. The van der Waals surface area contributed by atoms with Crippen molar-refractivity contribution in [2.75, 3.05) is 11.9 Å². The molecule has 32 heavy (non-hydrogen) atoms. The van der Waals surface area contributed by atoms with Gasteiger partial charge in [-0.15, -0.1) is 11.8 Å². The van der Waals surface area contributed by atoms with Gasteiger partial charge in [0.05, 0.1) is 15.5 Å². The van der Waals surface area contributed by atoms with Gasteiger partial charge in [0.15, 0.2) is 0 Å². The lowest BCUT2D eigenvalue weighted by Gasteiger charge is -2.22. The van der Waals surface area contributed by atoms with Gasteiger partial charge in [-0.2, -0.15) is 0 Å². The van der Waals surface area contributed by atoms with Crippen molar-refractivity contribution in [2.45, 2.75) is 16.3 Å². The van der Waals surface area contributed by atoms with E-state index < -0.39 is 9.84 Å². The van der Waals surface area contributed by atoms with Crippen LogP contribution < -0.4 is 4.90 Å². The second-order valence-corrected chi connectivity index (χ2v) is 10.3. The van der Waals surface area contributed by atoms with E-state index in [-0.39, 0.29) is 0 Å². The number of rotatable bonds is 5. The first kappa shape index (κ1) is 20.8. The average molecular weight is 458 g/mol. The predicted octanol–water partition coefficient (Wildman–Crippen LogP) is 6.23. The van der Waals surface area contributed by atoms with E-state index in [4.69, 9.17) is 4.99 Å². The van der Waals surface area contributed by atoms with Crippen molar-refractivity contribution in [1.82, 2.24) is 0 Å². The standard InChI is InChI=1S/C26H21N2O2S2/c1-28(24-16-15-23-25-21(24)9-6-10-22(25)26(27-23)31-2)17-18-11-13-20(14-12-18)32(29,30)19-7-4-3-5-8-19/h3-16H,2,17H2,1H3. The molecule has 1 heterocycles. The van der Waals surface area contributed by atoms with Gasteiger partial charge in [-0.05, 0) is 42.0 Å². The molecule has 1 aliphatic heterocycles. The summed E-state index contributed by atoms with van der Waals surface area (Å²) in [7, 11) is -1.46. The van der Waals surface area contributed by atoms with Crippen LogP contribution in [0.15, 0.2) is 99.7 Å². The van der Waals surface area contributed by atoms with Crippen molar-refractivity contribution in [2.24, 2.45) is 4.99 Å². The maximum Gasteiger partial charge on any atom is 0.206 e. The average Bonchev–Trinajstić information content (AvgIpc) is 3.20. The first-order chi connectivity index (χ1) is 15.5. The SMILES string of the molecule is [CH2]SC1=Nc2ccc(N(C)Cc3ccc(S(=O)(=O)c4ccccc4)cc3)c3cccc1c23. The molecule has 0 unspecified atom stereocenters. The minimum absolute atomic E-state index is 0.302. The molecule has 5 rings (SSSR count). The Kier molecular flexibility index (Phi) is 5.27. The number of sulfone groups is 1. The van der Waals surface area contributed by atoms with Gasteiger partial charge in [0.25, 0.3) is 0 Å². The normalized spacial score (nSPS) is 12.8. The molecule has 6 heteroatoms. The van der Waals surface area contributed by atoms with Gasteiger partial charge in [-0.25, -0.2) is 13.4 Å². The molecule has 4 nitrogen and oxygen atoms in total. The summed E-state index contributed by atoms with van der Waals surface area (Å²) in [4.78, 5) is 7.49. The van der Waals surface area contributed by atoms with Crippen LogP contribution in [0.2, 0.25) is 0 Å². The molecule has 0 N–H and O–H groups in total. The molecule has 0 bridgehead atoms. The van der Waals surface area contributed by atoms with E-state index in [1.165, 1.54) is 11.8 Å². The van der Waals surface area contributed by atoms with Crippen LogP contribution in [-0.4, -0.2) is 20.5 Å². The van der Waals surface area contributed by atoms with Gasteiger partial charge in [0.2, 0.25) is 9.84 Å². The van der Waals surface area contributed by atoms with Crippen molar-refractivity contribution in [3.05, 3.63) is 102 Å². The molecule has 4 aromatic carbocycles. The van der Waals surface area contributed by atoms with E-state index in [0.29, 0.717) is 16.3 Å². The lowest BCUT2D eigenvalue weighted by molar-refractivity contribution is 0.596. The minimum Gasteiger partial charge on any atom is -0.370 e. The van der Waals surface area contributed by atoms with Crippen LogP contribution in [0.5, 0.6) is 0 Å². The van der Waals surface area contributed by atoms with Gasteiger partial charge >= 0.3 is 0 Å². The zero-order valence-corrected chi connectivity index (χ0v) is 19.2. The fourth-order valence-corrected chi connectivity index (χ4v) is 5.90. The van der Waals surface area contributed by atoms with Crippen LogP contribution >= 0.6 is 11.8 Å². The molecule has 0 saturated heterocycles. The predicted molar refractivity (Wildman–Crippen MR) is 134 cm³/mol. The van der Waals surface area contributed by atoms with E-state index in [2.05, 4.69) is 41.5 Å². The number of aliphatic imine (C=N–C) groups is 1. The van der Waals surface area contributed by atoms with Gasteiger partial charge in [0.1, 0.15) is 5.04 Å². The Balaban J connectivity index is 1.42. The van der Waals surface area contributed by atoms with Crippen molar-refractivity contribution >= 4 is 48.8 Å². The molecule has 0 aromatic heterocycles. The third kappa shape index (κ3) is 3.49. The monoisotopic (exact) mass is 457 g/mol. The van der Waals surface area contributed by atoms with Crippen LogP contribution in [0.4, 0.5) is 11.4 Å². The molecular formula is C26H21N2O2S2. The van der Waals surface area contributed by atoms with E-state index in [9.17, 15) is 8.42 Å². The van der Waals surface area contributed by atoms with E-state index >= 15 is 0 Å². The Labute approximate surface area is 192 Å². The highest BCUT2D eigenvalue weighted by atomic mass is 32.2. The molecule has 159 valence electrons. The Morgan fingerprint density at radius 3 is 2.31 bits per heavy atom. The van der Waals surface area contributed by atoms with Crippen LogP contribution in [0.25, 0.3) is 10.8 Å². The minimum atomic E-state index is -3.51. The summed E-state index contributed by atoms with van der Waals surface area (Å²) >= 11 is 1.42. The fourth-order valence-electron chi connectivity index (χ4n) is 4.13. The number of nitrogens with zero attached hydrogens (tertiary/aromatic N) is 2. The highest BCUT2D eigenvalue weighted by Crippen LogP contribution is 2.42. The van der Waals surface area contributed by atoms with Gasteiger partial charge in [-0.1, -0.05) is 48.5 Å². The highest BCUT2D eigenvalue weighted by molar-refractivity contribution is 8.15. The number of hydrogen-bond acceptors (Lipinski definition) is 5. The zero-order valence-electron chi connectivity index (χ0n) is 17.5. The second kappa shape index (κ2) is 8.11. The fraction of sp³-hybridized carbons (Fsp3) is 0.0769. The van der Waals surface area contributed by atoms with Crippen molar-refractivity contribution in [1.29, 1.82) is 0 Å². The Hall–Kier alpha value is -3.09. The topological polar surface area (TPSA) is 49.7 Å². The molecule has 0 spiro atoms. The summed E-state index contributed by atoms with van der Waals surface area (Å²) in [5.41, 5.74) is 4.25. The number of anilines is 1. The van der Waals surface area contributed by atoms with Crippen molar-refractivity contribution in [3.63, 3.8) is 0 Å². The van der Waals surface area contributed by atoms with Crippen molar-refractivity contribution < 1.29 is 8.42 Å². The molecule has 0 fully saturated rings. The second-order valence-electron chi connectivity index (χ2n) is 7.71. The molecule has 1 radical (unpaired) electrons. The smallest absolute Gasteiger partial charge is 0.206 e. The van der Waals surface area contributed by atoms with Crippen LogP contribution in [0.1, 0.15) is 11.1 Å². The molecule has 0 saturated carbocycles. The third-order valence-corrected chi connectivity index (χ3v) is 8.07. The summed E-state index contributed by atoms with van der Waals surface area (Å²) in [6, 6.07) is 26.1. The first-order valence-electron chi connectivity index (χ1n) is 10.2. The molecule has 0 atom stereocenters. The van der Waals surface area contributed by atoms with Crippen LogP contribution in [0.3, 0.4) is 0 Å². The van der Waals surface area contributed by atoms with Crippen LogP contribution in [0, 0.1) is 6.26 Å². The lowest BCUT2D eigenvalue weighted by Crippen LogP contribution is -2.16. The highest BCUT2D eigenvalue weighted by Gasteiger charge is 2.21. The van der Waals surface area contributed by atoms with Gasteiger partial charge in [-0.3, -0.25) is 0 Å². The number of benzene rings is 4. The van der Waals surface area contributed by atoms with Crippen LogP contribution in [-0.2, 0) is 16.4 Å². The Morgan fingerprint density at radius 1 is 0.875 bits per heavy atom. The quantitative estimate of drug-likeness (QED) is 0.357. The Bertz CT molecular complexity index is 1440. The van der Waals surface area contributed by atoms with Crippen molar-refractivity contribution in [3.8, 4) is 0 Å². The van der Waals surface area contributed by atoms with E-state index in [1.54, 1.807) is 36.4 Å². The zero-order chi connectivity index (χ0) is 22.3. The number of hydrogen-bond donors (Lipinski definition) is 0. The Morgan fingerprint density at radius 2 is 1.59 bits per heavy atom. The van der Waals surface area contributed by atoms with E-state index in [0.717, 1.165) is 38.3 Å². The maximum atomic E-state index is 12.8. The maximum absolute atomic E-state index is 12.8. The first-order valence-corrected chi connectivity index (χ1v) is 12.6. The summed E-state index contributed by atoms with van der Waals surface area (Å²) in [6.45, 7) is 0.655. The van der Waals surface area contributed by atoms with Gasteiger partial charge < -0.3 is 4.90 Å². The third-order valence-electron chi connectivity index (χ3n) is 5.70. The summed E-state index contributed by atoms with van der Waals surface area (Å²) in [6.07, 6.45) is 3.93. The summed E-state index contributed by atoms with van der Waals surface area (Å²) in [5, 5.41) is 3.26.